The molecular weight excluding hydrogens is 267 g/mol. The fourth-order valence-electron chi connectivity index (χ4n) is 3.22. The highest BCUT2D eigenvalue weighted by molar-refractivity contribution is 7.89. The largest absolute Gasteiger partial charge is 0.327 e. The Kier molecular flexibility index (Phi) is 3.11. The number of fused-ring (bicyclic) bond motifs is 1. The van der Waals surface area contributed by atoms with Gasteiger partial charge in [0.15, 0.2) is 0 Å². The van der Waals surface area contributed by atoms with Crippen LogP contribution in [0, 0.1) is 17.7 Å². The number of rotatable bonds is 2. The summed E-state index contributed by atoms with van der Waals surface area (Å²) in [6.07, 6.45) is 1.99. The third-order valence-electron chi connectivity index (χ3n) is 4.33. The van der Waals surface area contributed by atoms with Gasteiger partial charge in [-0.1, -0.05) is 0 Å². The van der Waals surface area contributed by atoms with Crippen LogP contribution in [-0.4, -0.2) is 31.9 Å². The van der Waals surface area contributed by atoms with Crippen molar-refractivity contribution in [1.82, 2.24) is 4.31 Å². The van der Waals surface area contributed by atoms with E-state index in [4.69, 9.17) is 5.73 Å². The monoisotopic (exact) mass is 284 g/mol. The van der Waals surface area contributed by atoms with E-state index in [1.807, 2.05) is 0 Å². The van der Waals surface area contributed by atoms with Crippen molar-refractivity contribution in [2.75, 3.05) is 13.1 Å². The van der Waals surface area contributed by atoms with E-state index >= 15 is 0 Å². The van der Waals surface area contributed by atoms with Gasteiger partial charge in [0.25, 0.3) is 0 Å². The topological polar surface area (TPSA) is 63.4 Å². The zero-order valence-electron chi connectivity index (χ0n) is 10.5. The summed E-state index contributed by atoms with van der Waals surface area (Å²) in [5, 5.41) is 0. The Morgan fingerprint density at radius 1 is 1.16 bits per heavy atom. The van der Waals surface area contributed by atoms with Crippen molar-refractivity contribution in [3.05, 3.63) is 30.1 Å². The Labute approximate surface area is 112 Å². The Hall–Kier alpha value is -0.980. The molecule has 2 fully saturated rings. The number of sulfonamides is 1. The SMILES string of the molecule is N[C@H]1CC[C@@H]2CN(S(=O)(=O)c3ccc(F)cc3)C[C@@H]21. The Balaban J connectivity index is 1.84. The quantitative estimate of drug-likeness (QED) is 0.887. The zero-order chi connectivity index (χ0) is 13.6. The van der Waals surface area contributed by atoms with E-state index in [9.17, 15) is 12.8 Å². The van der Waals surface area contributed by atoms with Gasteiger partial charge in [0.05, 0.1) is 4.90 Å². The van der Waals surface area contributed by atoms with Gasteiger partial charge in [0.2, 0.25) is 10.0 Å². The molecule has 1 aromatic rings. The Morgan fingerprint density at radius 3 is 2.47 bits per heavy atom. The van der Waals surface area contributed by atoms with E-state index in [1.54, 1.807) is 0 Å². The number of nitrogens with zero attached hydrogens (tertiary/aromatic N) is 1. The maximum absolute atomic E-state index is 12.9. The second kappa shape index (κ2) is 4.54. The lowest BCUT2D eigenvalue weighted by molar-refractivity contribution is 0.427. The van der Waals surface area contributed by atoms with Gasteiger partial charge < -0.3 is 5.73 Å². The van der Waals surface area contributed by atoms with E-state index in [0.29, 0.717) is 19.0 Å². The molecule has 3 rings (SSSR count). The summed E-state index contributed by atoms with van der Waals surface area (Å²) in [6, 6.07) is 5.10. The molecule has 3 atom stereocenters. The third-order valence-corrected chi connectivity index (χ3v) is 6.18. The first-order valence-electron chi connectivity index (χ1n) is 6.50. The lowest BCUT2D eigenvalue weighted by atomic mass is 9.98. The zero-order valence-corrected chi connectivity index (χ0v) is 11.3. The maximum Gasteiger partial charge on any atom is 0.243 e. The van der Waals surface area contributed by atoms with E-state index in [2.05, 4.69) is 0 Å². The molecule has 104 valence electrons. The molecular formula is C13H17FN2O2S. The summed E-state index contributed by atoms with van der Waals surface area (Å²) in [5.41, 5.74) is 6.01. The Morgan fingerprint density at radius 2 is 1.84 bits per heavy atom. The van der Waals surface area contributed by atoms with Crippen molar-refractivity contribution in [3.63, 3.8) is 0 Å². The average Bonchev–Trinajstić information content (AvgIpc) is 2.93. The van der Waals surface area contributed by atoms with E-state index < -0.39 is 15.8 Å². The molecule has 1 saturated heterocycles. The molecule has 1 aliphatic heterocycles. The van der Waals surface area contributed by atoms with Crippen molar-refractivity contribution in [2.45, 2.75) is 23.8 Å². The molecule has 2 N–H and O–H groups in total. The third kappa shape index (κ3) is 2.17. The van der Waals surface area contributed by atoms with Crippen LogP contribution in [0.1, 0.15) is 12.8 Å². The van der Waals surface area contributed by atoms with E-state index in [1.165, 1.54) is 28.6 Å². The summed E-state index contributed by atoms with van der Waals surface area (Å²) in [4.78, 5) is 0.155. The number of nitrogens with two attached hydrogens (primary N) is 1. The molecule has 0 aromatic heterocycles. The van der Waals surface area contributed by atoms with Gasteiger partial charge in [-0.3, -0.25) is 0 Å². The van der Waals surface area contributed by atoms with Crippen molar-refractivity contribution in [2.24, 2.45) is 17.6 Å². The maximum atomic E-state index is 12.9. The molecule has 1 aliphatic carbocycles. The second-order valence-electron chi connectivity index (χ2n) is 5.44. The minimum Gasteiger partial charge on any atom is -0.327 e. The van der Waals surface area contributed by atoms with Crippen LogP contribution >= 0.6 is 0 Å². The first-order valence-corrected chi connectivity index (χ1v) is 7.94. The molecule has 1 aromatic carbocycles. The predicted molar refractivity (Wildman–Crippen MR) is 69.3 cm³/mol. The normalized spacial score (nSPS) is 31.6. The number of hydrogen-bond acceptors (Lipinski definition) is 3. The number of halogens is 1. The molecule has 6 heteroatoms. The average molecular weight is 284 g/mol. The summed E-state index contributed by atoms with van der Waals surface area (Å²) >= 11 is 0. The lowest BCUT2D eigenvalue weighted by Crippen LogP contribution is -2.33. The fraction of sp³-hybridized carbons (Fsp3) is 0.538. The van der Waals surface area contributed by atoms with Gasteiger partial charge >= 0.3 is 0 Å². The van der Waals surface area contributed by atoms with Gasteiger partial charge in [-0.2, -0.15) is 4.31 Å². The summed E-state index contributed by atoms with van der Waals surface area (Å²) < 4.78 is 39.3. The first-order chi connectivity index (χ1) is 8.98. The van der Waals surface area contributed by atoms with Gasteiger partial charge in [-0.15, -0.1) is 0 Å². The predicted octanol–water partition coefficient (Wildman–Crippen LogP) is 1.18. The van der Waals surface area contributed by atoms with Crippen LogP contribution in [0.4, 0.5) is 4.39 Å². The smallest absolute Gasteiger partial charge is 0.243 e. The standard InChI is InChI=1S/C13H17FN2O2S/c14-10-2-4-11(5-3-10)19(17,18)16-7-9-1-6-13(15)12(9)8-16/h2-5,9,12-13H,1,6-8,15H2/t9-,12+,13+/m1/s1. The summed E-state index contributed by atoms with van der Waals surface area (Å²) in [7, 11) is -3.51. The molecule has 1 saturated carbocycles. The fourth-order valence-corrected chi connectivity index (χ4v) is 4.75. The van der Waals surface area contributed by atoms with E-state index in [0.717, 1.165) is 12.8 Å². The molecule has 19 heavy (non-hydrogen) atoms. The van der Waals surface area contributed by atoms with Crippen LogP contribution < -0.4 is 5.73 Å². The summed E-state index contributed by atoms with van der Waals surface area (Å²) in [6.45, 7) is 1.03. The lowest BCUT2D eigenvalue weighted by Gasteiger charge is -2.18. The van der Waals surface area contributed by atoms with Crippen LogP contribution in [-0.2, 0) is 10.0 Å². The second-order valence-corrected chi connectivity index (χ2v) is 7.38. The van der Waals surface area contributed by atoms with Crippen molar-refractivity contribution in [3.8, 4) is 0 Å². The van der Waals surface area contributed by atoms with Crippen LogP contribution in [0.25, 0.3) is 0 Å². The van der Waals surface area contributed by atoms with Gasteiger partial charge in [-0.05, 0) is 48.9 Å². The molecule has 0 bridgehead atoms. The van der Waals surface area contributed by atoms with Crippen LogP contribution in [0.5, 0.6) is 0 Å². The van der Waals surface area contributed by atoms with Crippen molar-refractivity contribution in [1.29, 1.82) is 0 Å². The van der Waals surface area contributed by atoms with Crippen LogP contribution in [0.15, 0.2) is 29.2 Å². The molecule has 0 radical (unpaired) electrons. The molecule has 0 amide bonds. The number of benzene rings is 1. The molecule has 2 aliphatic rings. The summed E-state index contributed by atoms with van der Waals surface area (Å²) in [5.74, 6) is 0.222. The van der Waals surface area contributed by atoms with Crippen molar-refractivity contribution >= 4 is 10.0 Å². The highest BCUT2D eigenvalue weighted by Gasteiger charge is 2.44. The van der Waals surface area contributed by atoms with E-state index in [-0.39, 0.29) is 16.9 Å². The van der Waals surface area contributed by atoms with Gasteiger partial charge in [-0.25, -0.2) is 12.8 Å². The van der Waals surface area contributed by atoms with Gasteiger partial charge in [0, 0.05) is 19.1 Å². The molecule has 0 spiro atoms. The van der Waals surface area contributed by atoms with Crippen molar-refractivity contribution < 1.29 is 12.8 Å². The van der Waals surface area contributed by atoms with Crippen LogP contribution in [0.2, 0.25) is 0 Å². The first kappa shape index (κ1) is 13.0. The minimum atomic E-state index is -3.51. The van der Waals surface area contributed by atoms with Gasteiger partial charge in [0.1, 0.15) is 5.82 Å². The number of hydrogen-bond donors (Lipinski definition) is 1. The Bertz CT molecular complexity index is 573. The van der Waals surface area contributed by atoms with Crippen LogP contribution in [0.3, 0.4) is 0 Å². The molecule has 4 nitrogen and oxygen atoms in total. The highest BCUT2D eigenvalue weighted by Crippen LogP contribution is 2.39. The molecule has 0 unspecified atom stereocenters. The highest BCUT2D eigenvalue weighted by atomic mass is 32.2. The minimum absolute atomic E-state index is 0.110. The molecule has 1 heterocycles.